The highest BCUT2D eigenvalue weighted by Gasteiger charge is 2.14. The Labute approximate surface area is 176 Å². The van der Waals surface area contributed by atoms with Crippen molar-refractivity contribution in [2.75, 3.05) is 25.4 Å². The van der Waals surface area contributed by atoms with Gasteiger partial charge in [0, 0.05) is 17.5 Å². The fourth-order valence-electron chi connectivity index (χ4n) is 3.90. The molecule has 0 radical (unpaired) electrons. The number of halogens is 1. The highest BCUT2D eigenvalue weighted by molar-refractivity contribution is 6.33. The van der Waals surface area contributed by atoms with E-state index in [1.54, 1.807) is 0 Å². The van der Waals surface area contributed by atoms with Gasteiger partial charge in [-0.3, -0.25) is 4.98 Å². The topological polar surface area (TPSA) is 60.2 Å². The van der Waals surface area contributed by atoms with E-state index in [9.17, 15) is 0 Å². The van der Waals surface area contributed by atoms with Crippen LogP contribution >= 0.6 is 11.6 Å². The molecule has 29 heavy (non-hydrogen) atoms. The number of anilines is 1. The monoisotopic (exact) mass is 407 g/mol. The highest BCUT2D eigenvalue weighted by Crippen LogP contribution is 2.32. The van der Waals surface area contributed by atoms with Crippen molar-refractivity contribution in [1.29, 1.82) is 0 Å². The number of aromatic nitrogens is 1. The molecule has 150 valence electrons. The second kappa shape index (κ2) is 8.85. The standard InChI is InChI=1S/C24H26ClN3O/c1-16-5-7-20-23(28-16)3-2-4-24(20)29-14-11-19(17-9-12-27-13-10-17)18-6-8-21(25)22(26)15-18/h2-8,15,27H,9-14,26H2,1H3. The highest BCUT2D eigenvalue weighted by atomic mass is 35.5. The predicted molar refractivity (Wildman–Crippen MR) is 121 cm³/mol. The van der Waals surface area contributed by atoms with E-state index in [0.717, 1.165) is 60.3 Å². The molecule has 1 aliphatic heterocycles. The lowest BCUT2D eigenvalue weighted by Crippen LogP contribution is -2.24. The minimum absolute atomic E-state index is 0.596. The number of nitrogens with zero attached hydrogens (tertiary/aromatic N) is 1. The minimum Gasteiger partial charge on any atom is -0.493 e. The van der Waals surface area contributed by atoms with E-state index in [1.807, 2.05) is 43.3 Å². The van der Waals surface area contributed by atoms with Crippen LogP contribution in [0.2, 0.25) is 5.02 Å². The third-order valence-corrected chi connectivity index (χ3v) is 5.76. The zero-order valence-corrected chi connectivity index (χ0v) is 17.4. The van der Waals surface area contributed by atoms with Crippen LogP contribution in [0.5, 0.6) is 5.75 Å². The summed E-state index contributed by atoms with van der Waals surface area (Å²) in [6.45, 7) is 4.62. The number of hydrogen-bond donors (Lipinski definition) is 2. The molecule has 1 saturated heterocycles. The van der Waals surface area contributed by atoms with Crippen LogP contribution in [0.1, 0.15) is 30.5 Å². The molecule has 0 unspecified atom stereocenters. The number of nitrogen functional groups attached to an aromatic ring is 1. The van der Waals surface area contributed by atoms with Crippen LogP contribution < -0.4 is 15.8 Å². The predicted octanol–water partition coefficient (Wildman–Crippen LogP) is 5.38. The van der Waals surface area contributed by atoms with Crippen molar-refractivity contribution in [3.05, 3.63) is 70.4 Å². The number of rotatable bonds is 5. The van der Waals surface area contributed by atoms with Gasteiger partial charge in [0.1, 0.15) is 5.75 Å². The van der Waals surface area contributed by atoms with E-state index < -0.39 is 0 Å². The van der Waals surface area contributed by atoms with Crippen LogP contribution in [0.4, 0.5) is 5.69 Å². The molecule has 5 heteroatoms. The number of fused-ring (bicyclic) bond motifs is 1. The summed E-state index contributed by atoms with van der Waals surface area (Å²) < 4.78 is 6.21. The SMILES string of the molecule is Cc1ccc2c(OCCC(=C3CCNCC3)c3ccc(Cl)c(N)c3)cccc2n1. The molecule has 3 N–H and O–H groups in total. The van der Waals surface area contributed by atoms with Gasteiger partial charge in [0.25, 0.3) is 0 Å². The van der Waals surface area contributed by atoms with Gasteiger partial charge in [0.2, 0.25) is 0 Å². The molecule has 0 saturated carbocycles. The summed E-state index contributed by atoms with van der Waals surface area (Å²) in [5, 5.41) is 5.07. The Hall–Kier alpha value is -2.56. The first-order chi connectivity index (χ1) is 14.1. The van der Waals surface area contributed by atoms with Crippen LogP contribution in [0.25, 0.3) is 16.5 Å². The summed E-state index contributed by atoms with van der Waals surface area (Å²) in [6.07, 6.45) is 2.93. The molecule has 1 fully saturated rings. The summed E-state index contributed by atoms with van der Waals surface area (Å²) >= 11 is 6.14. The second-order valence-corrected chi connectivity index (χ2v) is 7.85. The minimum atomic E-state index is 0.596. The number of hydrogen-bond acceptors (Lipinski definition) is 4. The molecule has 1 aromatic heterocycles. The van der Waals surface area contributed by atoms with Crippen molar-refractivity contribution < 1.29 is 4.74 Å². The van der Waals surface area contributed by atoms with Gasteiger partial charge in [-0.2, -0.15) is 0 Å². The van der Waals surface area contributed by atoms with Crippen LogP contribution in [-0.2, 0) is 0 Å². The van der Waals surface area contributed by atoms with Gasteiger partial charge in [-0.25, -0.2) is 0 Å². The Morgan fingerprint density at radius 2 is 1.97 bits per heavy atom. The zero-order chi connectivity index (χ0) is 20.2. The normalized spacial score (nSPS) is 14.2. The molecule has 0 amide bonds. The van der Waals surface area contributed by atoms with Crippen LogP contribution in [-0.4, -0.2) is 24.7 Å². The van der Waals surface area contributed by atoms with Gasteiger partial charge >= 0.3 is 0 Å². The number of pyridine rings is 1. The molecular weight excluding hydrogens is 382 g/mol. The number of piperidine rings is 1. The fourth-order valence-corrected chi connectivity index (χ4v) is 4.02. The fraction of sp³-hybridized carbons (Fsp3) is 0.292. The van der Waals surface area contributed by atoms with Crippen molar-refractivity contribution in [3.8, 4) is 5.75 Å². The third-order valence-electron chi connectivity index (χ3n) is 5.42. The maximum Gasteiger partial charge on any atom is 0.128 e. The number of nitrogens with one attached hydrogen (secondary N) is 1. The Kier molecular flexibility index (Phi) is 6.02. The van der Waals surface area contributed by atoms with E-state index >= 15 is 0 Å². The van der Waals surface area contributed by atoms with Crippen LogP contribution in [0.3, 0.4) is 0 Å². The smallest absolute Gasteiger partial charge is 0.128 e. The lowest BCUT2D eigenvalue weighted by atomic mass is 9.91. The quantitative estimate of drug-likeness (QED) is 0.557. The third kappa shape index (κ3) is 4.55. The molecule has 2 heterocycles. The van der Waals surface area contributed by atoms with Gasteiger partial charge in [0.15, 0.2) is 0 Å². The summed E-state index contributed by atoms with van der Waals surface area (Å²) in [5.74, 6) is 0.875. The lowest BCUT2D eigenvalue weighted by molar-refractivity contribution is 0.330. The molecule has 0 bridgehead atoms. The molecule has 0 atom stereocenters. The Morgan fingerprint density at radius 3 is 2.76 bits per heavy atom. The number of ether oxygens (including phenoxy) is 1. The van der Waals surface area contributed by atoms with E-state index in [1.165, 1.54) is 11.1 Å². The van der Waals surface area contributed by atoms with Crippen molar-refractivity contribution in [2.45, 2.75) is 26.2 Å². The number of nitrogens with two attached hydrogens (primary N) is 1. The Bertz CT molecular complexity index is 1050. The summed E-state index contributed by atoms with van der Waals surface area (Å²) in [5.41, 5.74) is 12.6. The Morgan fingerprint density at radius 1 is 1.14 bits per heavy atom. The molecule has 0 spiro atoms. The van der Waals surface area contributed by atoms with Crippen molar-refractivity contribution in [3.63, 3.8) is 0 Å². The van der Waals surface area contributed by atoms with E-state index in [0.29, 0.717) is 17.3 Å². The van der Waals surface area contributed by atoms with Gasteiger partial charge in [-0.05, 0) is 80.4 Å². The molecule has 4 rings (SSSR count). The zero-order valence-electron chi connectivity index (χ0n) is 16.7. The molecule has 0 aliphatic carbocycles. The molecule has 3 aromatic rings. The lowest BCUT2D eigenvalue weighted by Gasteiger charge is -2.21. The number of aryl methyl sites for hydroxylation is 1. The average Bonchev–Trinajstić information content (AvgIpc) is 2.74. The largest absolute Gasteiger partial charge is 0.493 e. The van der Waals surface area contributed by atoms with E-state index in [2.05, 4.69) is 22.4 Å². The van der Waals surface area contributed by atoms with E-state index in [-0.39, 0.29) is 0 Å². The molecule has 2 aromatic carbocycles. The first kappa shape index (κ1) is 19.7. The van der Waals surface area contributed by atoms with Crippen molar-refractivity contribution >= 4 is 33.8 Å². The first-order valence-electron chi connectivity index (χ1n) is 10.1. The Balaban J connectivity index is 1.57. The van der Waals surface area contributed by atoms with Crippen molar-refractivity contribution in [1.82, 2.24) is 10.3 Å². The molecular formula is C24H26ClN3O. The molecule has 4 nitrogen and oxygen atoms in total. The van der Waals surface area contributed by atoms with Crippen molar-refractivity contribution in [2.24, 2.45) is 0 Å². The summed E-state index contributed by atoms with van der Waals surface area (Å²) in [6, 6.07) is 16.1. The van der Waals surface area contributed by atoms with Gasteiger partial charge < -0.3 is 15.8 Å². The second-order valence-electron chi connectivity index (χ2n) is 7.44. The van der Waals surface area contributed by atoms with E-state index in [4.69, 9.17) is 22.1 Å². The van der Waals surface area contributed by atoms with Gasteiger partial charge in [-0.15, -0.1) is 0 Å². The summed E-state index contributed by atoms with van der Waals surface area (Å²) in [4.78, 5) is 4.60. The van der Waals surface area contributed by atoms with Gasteiger partial charge in [-0.1, -0.05) is 29.3 Å². The first-order valence-corrected chi connectivity index (χ1v) is 10.5. The van der Waals surface area contributed by atoms with Gasteiger partial charge in [0.05, 0.1) is 22.8 Å². The maximum atomic E-state index is 6.21. The number of benzene rings is 2. The molecule has 1 aliphatic rings. The maximum absolute atomic E-state index is 6.21. The average molecular weight is 408 g/mol. The van der Waals surface area contributed by atoms with Crippen LogP contribution in [0, 0.1) is 6.92 Å². The summed E-state index contributed by atoms with van der Waals surface area (Å²) in [7, 11) is 0. The van der Waals surface area contributed by atoms with Crippen LogP contribution in [0.15, 0.2) is 54.1 Å².